The fourth-order valence-corrected chi connectivity index (χ4v) is 3.20. The third kappa shape index (κ3) is 31.8. The molecule has 0 aliphatic heterocycles. The molecule has 0 rings (SSSR count). The summed E-state index contributed by atoms with van der Waals surface area (Å²) in [6.45, 7) is 0. The minimum atomic E-state index is -0.671. The average Bonchev–Trinajstić information content (AvgIpc) is 2.56. The van der Waals surface area contributed by atoms with E-state index in [9.17, 15) is 9.59 Å². The molecule has 0 spiro atoms. The number of carboxylic acids is 2. The van der Waals surface area contributed by atoms with Crippen LogP contribution in [0, 0.1) is 0 Å². The second-order valence-electron chi connectivity index (χ2n) is 7.30. The predicted octanol–water partition coefficient (Wildman–Crippen LogP) is 5.27. The second-order valence-corrected chi connectivity index (χ2v) is 7.30. The number of hydrogen-bond donors (Lipinski definition) is 2. The molecule has 0 aliphatic rings. The zero-order valence-corrected chi connectivity index (χ0v) is 16.1. The van der Waals surface area contributed by atoms with Gasteiger partial charge in [0.25, 0.3) is 0 Å². The topological polar surface area (TPSA) is 74.6 Å². The Morgan fingerprint density at radius 1 is 0.370 bits per heavy atom. The molecule has 27 heavy (non-hydrogen) atoms. The normalized spacial score (nSPS) is 10.1. The van der Waals surface area contributed by atoms with E-state index in [0.717, 1.165) is 25.7 Å². The van der Waals surface area contributed by atoms with E-state index in [0.29, 0.717) is 12.8 Å². The fourth-order valence-electron chi connectivity index (χ4n) is 3.20. The van der Waals surface area contributed by atoms with Gasteiger partial charge in [-0.2, -0.15) is 0 Å². The van der Waals surface area contributed by atoms with Gasteiger partial charge in [-0.15, -0.1) is 0 Å². The van der Waals surface area contributed by atoms with Crippen LogP contribution in [-0.2, 0) is 9.59 Å². The van der Waals surface area contributed by atoms with Crippen molar-refractivity contribution < 1.29 is 19.8 Å². The number of hydrogen-bond acceptors (Lipinski definition) is 2. The molecule has 0 saturated carbocycles. The molecule has 0 aliphatic carbocycles. The number of carbonyl (C=O) groups is 2. The zero-order valence-electron chi connectivity index (χ0n) is 16.1. The predicted molar refractivity (Wildman–Crippen MR) is 117 cm³/mol. The Bertz CT molecular complexity index is 295. The van der Waals surface area contributed by atoms with Gasteiger partial charge in [0.2, 0.25) is 0 Å². The summed E-state index contributed by atoms with van der Waals surface area (Å²) >= 11 is 0. The van der Waals surface area contributed by atoms with Crippen LogP contribution in [0.3, 0.4) is 0 Å². The van der Waals surface area contributed by atoms with Gasteiger partial charge in [-0.25, -0.2) is 0 Å². The number of aliphatic carboxylic acids is 2. The summed E-state index contributed by atoms with van der Waals surface area (Å²) in [5.41, 5.74) is 0. The van der Waals surface area contributed by atoms with E-state index < -0.39 is 11.9 Å². The van der Waals surface area contributed by atoms with Crippen molar-refractivity contribution >= 4 is 71.1 Å². The van der Waals surface area contributed by atoms with Crippen LogP contribution < -0.4 is 0 Å². The SMILES string of the molecule is O=C(O)CCCCCCCCCCCCCCCCCCCC(=O)O.[NaH].[NaH]. The van der Waals surface area contributed by atoms with Crippen molar-refractivity contribution in [2.45, 2.75) is 122 Å². The molecule has 0 fully saturated rings. The van der Waals surface area contributed by atoms with Crippen LogP contribution in [0.15, 0.2) is 0 Å². The Hall–Kier alpha value is 0.940. The van der Waals surface area contributed by atoms with E-state index in [-0.39, 0.29) is 59.1 Å². The first-order chi connectivity index (χ1) is 12.1. The molecule has 0 unspecified atom stereocenters. The van der Waals surface area contributed by atoms with Crippen molar-refractivity contribution in [3.8, 4) is 0 Å². The quantitative estimate of drug-likeness (QED) is 0.214. The number of carboxylic acid groups (broad SMARTS) is 2. The summed E-state index contributed by atoms with van der Waals surface area (Å²) in [4.78, 5) is 20.7. The van der Waals surface area contributed by atoms with E-state index in [1.165, 1.54) is 83.5 Å². The first-order valence-electron chi connectivity index (χ1n) is 10.6. The summed E-state index contributed by atoms with van der Waals surface area (Å²) < 4.78 is 0. The van der Waals surface area contributed by atoms with E-state index in [4.69, 9.17) is 10.2 Å². The molecule has 0 aromatic heterocycles. The summed E-state index contributed by atoms with van der Waals surface area (Å²) in [6.07, 6.45) is 21.3. The molecule has 152 valence electrons. The van der Waals surface area contributed by atoms with Crippen LogP contribution in [0.5, 0.6) is 0 Å². The van der Waals surface area contributed by atoms with Gasteiger partial charge in [0.05, 0.1) is 0 Å². The fraction of sp³-hybridized carbons (Fsp3) is 0.905. The molecule has 0 aromatic carbocycles. The third-order valence-electron chi connectivity index (χ3n) is 4.78. The van der Waals surface area contributed by atoms with Gasteiger partial charge in [0.15, 0.2) is 0 Å². The summed E-state index contributed by atoms with van der Waals surface area (Å²) in [5, 5.41) is 17.1. The van der Waals surface area contributed by atoms with E-state index in [1.54, 1.807) is 0 Å². The molecule has 0 radical (unpaired) electrons. The number of rotatable bonds is 20. The Morgan fingerprint density at radius 3 is 0.667 bits per heavy atom. The van der Waals surface area contributed by atoms with Crippen LogP contribution in [-0.4, -0.2) is 81.3 Å². The Labute approximate surface area is 211 Å². The minimum absolute atomic E-state index is 0. The molecular weight excluding hydrogens is 362 g/mol. The zero-order chi connectivity index (χ0) is 18.6. The van der Waals surface area contributed by atoms with Crippen LogP contribution >= 0.6 is 0 Å². The molecule has 0 heterocycles. The van der Waals surface area contributed by atoms with Crippen LogP contribution in [0.25, 0.3) is 0 Å². The standard InChI is InChI=1S/C21H40O4.2Na.2H/c22-20(23)18-16-14-12-10-8-6-4-2-1-3-5-7-9-11-13-15-17-19-21(24)25;;;;/h1-19H2,(H,22,23)(H,24,25);;;;. The molecule has 0 aromatic rings. The van der Waals surface area contributed by atoms with E-state index in [2.05, 4.69) is 0 Å². The van der Waals surface area contributed by atoms with Gasteiger partial charge in [-0.1, -0.05) is 96.3 Å². The summed E-state index contributed by atoms with van der Waals surface area (Å²) in [5.74, 6) is -1.34. The third-order valence-corrected chi connectivity index (χ3v) is 4.78. The molecule has 2 N–H and O–H groups in total. The maximum atomic E-state index is 10.4. The van der Waals surface area contributed by atoms with Gasteiger partial charge < -0.3 is 10.2 Å². The van der Waals surface area contributed by atoms with E-state index >= 15 is 0 Å². The summed E-state index contributed by atoms with van der Waals surface area (Å²) in [7, 11) is 0. The van der Waals surface area contributed by atoms with Crippen molar-refractivity contribution in [3.05, 3.63) is 0 Å². The molecule has 0 bridgehead atoms. The van der Waals surface area contributed by atoms with Gasteiger partial charge in [-0.3, -0.25) is 9.59 Å². The Balaban J connectivity index is -0.00000288. The van der Waals surface area contributed by atoms with Gasteiger partial charge >= 0.3 is 71.1 Å². The first-order valence-corrected chi connectivity index (χ1v) is 10.6. The maximum absolute atomic E-state index is 10.4. The Morgan fingerprint density at radius 2 is 0.519 bits per heavy atom. The first kappa shape index (κ1) is 32.6. The van der Waals surface area contributed by atoms with Crippen LogP contribution in [0.1, 0.15) is 122 Å². The van der Waals surface area contributed by atoms with E-state index in [1.807, 2.05) is 0 Å². The molecule has 0 saturated heterocycles. The molecular formula is C21H42Na2O4. The van der Waals surface area contributed by atoms with Gasteiger partial charge in [0.1, 0.15) is 0 Å². The second kappa shape index (κ2) is 26.9. The van der Waals surface area contributed by atoms with Crippen molar-refractivity contribution in [3.63, 3.8) is 0 Å². The number of unbranched alkanes of at least 4 members (excludes halogenated alkanes) is 16. The molecule has 0 amide bonds. The molecule has 6 heteroatoms. The van der Waals surface area contributed by atoms with Crippen molar-refractivity contribution in [2.24, 2.45) is 0 Å². The average molecular weight is 405 g/mol. The van der Waals surface area contributed by atoms with Crippen LogP contribution in [0.4, 0.5) is 0 Å². The van der Waals surface area contributed by atoms with Crippen LogP contribution in [0.2, 0.25) is 0 Å². The monoisotopic (exact) mass is 404 g/mol. The van der Waals surface area contributed by atoms with Crippen molar-refractivity contribution in [1.29, 1.82) is 0 Å². The van der Waals surface area contributed by atoms with Crippen molar-refractivity contribution in [2.75, 3.05) is 0 Å². The summed E-state index contributed by atoms with van der Waals surface area (Å²) in [6, 6.07) is 0. The molecule has 4 nitrogen and oxygen atoms in total. The molecule has 0 atom stereocenters. The van der Waals surface area contributed by atoms with Crippen molar-refractivity contribution in [1.82, 2.24) is 0 Å². The van der Waals surface area contributed by atoms with Gasteiger partial charge in [-0.05, 0) is 12.8 Å². The van der Waals surface area contributed by atoms with Gasteiger partial charge in [0, 0.05) is 12.8 Å². The Kier molecular flexibility index (Phi) is 32.5.